The van der Waals surface area contributed by atoms with E-state index in [1.54, 1.807) is 6.08 Å². The highest BCUT2D eigenvalue weighted by Crippen LogP contribution is 2.10. The van der Waals surface area contributed by atoms with Gasteiger partial charge in [0.2, 0.25) is 0 Å². The number of rotatable bonds is 14. The molecule has 0 rings (SSSR count). The average Bonchev–Trinajstić information content (AvgIpc) is 2.50. The van der Waals surface area contributed by atoms with Gasteiger partial charge < -0.3 is 5.11 Å². The maximum Gasteiger partial charge on any atom is 0.328 e. The molecule has 0 aliphatic heterocycles. The number of carboxylic acid groups (broad SMARTS) is 1. The maximum absolute atomic E-state index is 10.2. The smallest absolute Gasteiger partial charge is 0.328 e. The van der Waals surface area contributed by atoms with Crippen LogP contribution in [0.3, 0.4) is 0 Å². The zero-order chi connectivity index (χ0) is 16.3. The molecule has 0 saturated heterocycles. The molecule has 0 fully saturated rings. The van der Waals surface area contributed by atoms with Crippen LogP contribution in [0.25, 0.3) is 0 Å². The van der Waals surface area contributed by atoms with Crippen LogP contribution in [0.5, 0.6) is 0 Å². The zero-order valence-corrected chi connectivity index (χ0v) is 14.0. The summed E-state index contributed by atoms with van der Waals surface area (Å²) in [5.41, 5.74) is 0. The van der Waals surface area contributed by atoms with Crippen LogP contribution in [0.4, 0.5) is 0 Å². The van der Waals surface area contributed by atoms with Crippen molar-refractivity contribution in [1.82, 2.24) is 0 Å². The maximum atomic E-state index is 10.2. The Kier molecular flexibility index (Phi) is 16.2. The predicted molar refractivity (Wildman–Crippen MR) is 96.0 cm³/mol. The lowest BCUT2D eigenvalue weighted by Gasteiger charge is -2.00. The molecule has 0 amide bonds. The molecule has 124 valence electrons. The molecule has 0 unspecified atom stereocenters. The van der Waals surface area contributed by atoms with Crippen LogP contribution < -0.4 is 0 Å². The zero-order valence-electron chi connectivity index (χ0n) is 14.0. The van der Waals surface area contributed by atoms with Crippen LogP contribution in [-0.2, 0) is 4.79 Å². The van der Waals surface area contributed by atoms with Crippen molar-refractivity contribution in [2.45, 2.75) is 71.1 Å². The molecule has 0 aromatic carbocycles. The van der Waals surface area contributed by atoms with Gasteiger partial charge in [-0.25, -0.2) is 4.79 Å². The van der Waals surface area contributed by atoms with E-state index in [4.69, 9.17) is 5.11 Å². The fourth-order valence-electron chi connectivity index (χ4n) is 2.14. The molecule has 0 aromatic rings. The Labute approximate surface area is 136 Å². The lowest BCUT2D eigenvalue weighted by Crippen LogP contribution is -1.84. The topological polar surface area (TPSA) is 37.3 Å². The molecule has 2 nitrogen and oxygen atoms in total. The summed E-state index contributed by atoms with van der Waals surface area (Å²) in [6.07, 6.45) is 27.7. The quantitative estimate of drug-likeness (QED) is 0.235. The lowest BCUT2D eigenvalue weighted by molar-refractivity contribution is -0.131. The second-order valence-corrected chi connectivity index (χ2v) is 5.51. The summed E-state index contributed by atoms with van der Waals surface area (Å²) < 4.78 is 0. The highest BCUT2D eigenvalue weighted by atomic mass is 16.4. The van der Waals surface area contributed by atoms with Crippen molar-refractivity contribution in [3.8, 4) is 0 Å². The van der Waals surface area contributed by atoms with Crippen molar-refractivity contribution in [3.05, 3.63) is 48.6 Å². The Hall–Kier alpha value is -1.57. The first-order chi connectivity index (χ1) is 10.8. The highest BCUT2D eigenvalue weighted by molar-refractivity contribution is 5.80. The molecule has 2 heteroatoms. The Morgan fingerprint density at radius 3 is 1.82 bits per heavy atom. The fraction of sp³-hybridized carbons (Fsp3) is 0.550. The molecule has 0 aliphatic rings. The van der Waals surface area contributed by atoms with Gasteiger partial charge in [-0.05, 0) is 12.8 Å². The Balaban J connectivity index is 3.35. The minimum absolute atomic E-state index is 0.922. The summed E-state index contributed by atoms with van der Waals surface area (Å²) in [5, 5.41) is 8.39. The van der Waals surface area contributed by atoms with Crippen LogP contribution in [0.2, 0.25) is 0 Å². The minimum Gasteiger partial charge on any atom is -0.478 e. The van der Waals surface area contributed by atoms with Gasteiger partial charge in [-0.3, -0.25) is 0 Å². The van der Waals surface area contributed by atoms with Crippen LogP contribution >= 0.6 is 0 Å². The Bertz CT molecular complexity index is 362. The first kappa shape index (κ1) is 20.4. The number of unbranched alkanes of at least 4 members (excludes halogenated alkanes) is 9. The highest BCUT2D eigenvalue weighted by Gasteiger charge is 1.90. The van der Waals surface area contributed by atoms with Crippen molar-refractivity contribution in [3.63, 3.8) is 0 Å². The van der Waals surface area contributed by atoms with Gasteiger partial charge in [0.1, 0.15) is 0 Å². The Morgan fingerprint density at radius 1 is 0.727 bits per heavy atom. The summed E-state index contributed by atoms with van der Waals surface area (Å²) in [4.78, 5) is 10.2. The van der Waals surface area contributed by atoms with Gasteiger partial charge in [-0.1, -0.05) is 101 Å². The summed E-state index contributed by atoms with van der Waals surface area (Å²) in [6.45, 7) is 2.26. The molecule has 0 atom stereocenters. The van der Waals surface area contributed by atoms with Crippen molar-refractivity contribution < 1.29 is 9.90 Å². The average molecular weight is 304 g/mol. The van der Waals surface area contributed by atoms with Crippen LogP contribution in [0, 0.1) is 0 Å². The summed E-state index contributed by atoms with van der Waals surface area (Å²) in [7, 11) is 0. The summed E-state index contributed by atoms with van der Waals surface area (Å²) >= 11 is 0. The SMILES string of the molecule is CCCCCCCCCCCC=CC=CC=CC=CC(=O)O. The standard InChI is InChI=1S/C20H32O2/c1-2-3-4-5-6-7-8-9-10-11-12-13-14-15-16-17-18-19-20(21)22/h12-19H,2-11H2,1H3,(H,21,22). The summed E-state index contributed by atoms with van der Waals surface area (Å²) in [5.74, 6) is -0.922. The monoisotopic (exact) mass is 304 g/mol. The molecule has 0 saturated carbocycles. The Morgan fingerprint density at radius 2 is 1.23 bits per heavy atom. The molecule has 0 radical (unpaired) electrons. The summed E-state index contributed by atoms with van der Waals surface area (Å²) in [6, 6.07) is 0. The minimum atomic E-state index is -0.922. The number of hydrogen-bond acceptors (Lipinski definition) is 1. The first-order valence-electron chi connectivity index (χ1n) is 8.67. The van der Waals surface area contributed by atoms with Crippen LogP contribution in [0.1, 0.15) is 71.1 Å². The normalized spacial score (nSPS) is 12.4. The number of hydrogen-bond donors (Lipinski definition) is 1. The molecule has 0 aromatic heterocycles. The molecule has 0 bridgehead atoms. The molecule has 0 aliphatic carbocycles. The number of carbonyl (C=O) groups is 1. The second kappa shape index (κ2) is 17.5. The lowest BCUT2D eigenvalue weighted by atomic mass is 10.1. The largest absolute Gasteiger partial charge is 0.478 e. The van der Waals surface area contributed by atoms with Gasteiger partial charge in [0.15, 0.2) is 0 Å². The van der Waals surface area contributed by atoms with Gasteiger partial charge in [0.05, 0.1) is 0 Å². The van der Waals surface area contributed by atoms with E-state index >= 15 is 0 Å². The van der Waals surface area contributed by atoms with E-state index in [1.165, 1.54) is 63.9 Å². The molecular formula is C20H32O2. The molecule has 22 heavy (non-hydrogen) atoms. The fourth-order valence-corrected chi connectivity index (χ4v) is 2.14. The van der Waals surface area contributed by atoms with Gasteiger partial charge in [0.25, 0.3) is 0 Å². The van der Waals surface area contributed by atoms with Crippen LogP contribution in [0.15, 0.2) is 48.6 Å². The van der Waals surface area contributed by atoms with E-state index in [2.05, 4.69) is 19.1 Å². The van der Waals surface area contributed by atoms with Crippen LogP contribution in [-0.4, -0.2) is 11.1 Å². The molecule has 0 spiro atoms. The van der Waals surface area contributed by atoms with Gasteiger partial charge >= 0.3 is 5.97 Å². The molecule has 1 N–H and O–H groups in total. The number of allylic oxidation sites excluding steroid dienone is 7. The van der Waals surface area contributed by atoms with Crippen molar-refractivity contribution in [1.29, 1.82) is 0 Å². The molecular weight excluding hydrogens is 272 g/mol. The molecule has 0 heterocycles. The van der Waals surface area contributed by atoms with Crippen molar-refractivity contribution in [2.24, 2.45) is 0 Å². The van der Waals surface area contributed by atoms with E-state index < -0.39 is 5.97 Å². The third-order valence-corrected chi connectivity index (χ3v) is 3.40. The van der Waals surface area contributed by atoms with E-state index in [0.717, 1.165) is 12.5 Å². The number of aliphatic carboxylic acids is 1. The van der Waals surface area contributed by atoms with Gasteiger partial charge in [-0.2, -0.15) is 0 Å². The predicted octanol–water partition coefficient (Wildman–Crippen LogP) is 6.22. The van der Waals surface area contributed by atoms with E-state index in [9.17, 15) is 4.79 Å². The van der Waals surface area contributed by atoms with Crippen molar-refractivity contribution >= 4 is 5.97 Å². The first-order valence-corrected chi connectivity index (χ1v) is 8.67. The van der Waals surface area contributed by atoms with E-state index in [-0.39, 0.29) is 0 Å². The number of carboxylic acids is 1. The third kappa shape index (κ3) is 18.4. The van der Waals surface area contributed by atoms with Gasteiger partial charge in [-0.15, -0.1) is 0 Å². The van der Waals surface area contributed by atoms with Crippen molar-refractivity contribution in [2.75, 3.05) is 0 Å². The van der Waals surface area contributed by atoms with E-state index in [1.807, 2.05) is 18.2 Å². The second-order valence-electron chi connectivity index (χ2n) is 5.51. The van der Waals surface area contributed by atoms with E-state index in [0.29, 0.717) is 0 Å². The third-order valence-electron chi connectivity index (χ3n) is 3.40. The van der Waals surface area contributed by atoms with Gasteiger partial charge in [0, 0.05) is 6.08 Å².